The highest BCUT2D eigenvalue weighted by Gasteiger charge is 2.28. The number of benzene rings is 2. The van der Waals surface area contributed by atoms with Gasteiger partial charge in [-0.2, -0.15) is 0 Å². The Bertz CT molecular complexity index is 1080. The topological polar surface area (TPSA) is 110 Å². The molecule has 2 unspecified atom stereocenters. The number of amides is 2. The number of fused-ring (bicyclic) bond motifs is 1. The van der Waals surface area contributed by atoms with Gasteiger partial charge in [-0.05, 0) is 23.6 Å². The maximum Gasteiger partial charge on any atom is 0.408 e. The second-order valence-corrected chi connectivity index (χ2v) is 7.70. The molecule has 1 heterocycles. The molecule has 8 nitrogen and oxygen atoms in total. The van der Waals surface area contributed by atoms with Crippen LogP contribution in [0.25, 0.3) is 10.9 Å². The second kappa shape index (κ2) is 11.7. The Morgan fingerprint density at radius 3 is 2.42 bits per heavy atom. The molecule has 3 N–H and O–H groups in total. The van der Waals surface area contributed by atoms with Gasteiger partial charge in [0.1, 0.15) is 18.7 Å². The van der Waals surface area contributed by atoms with Crippen molar-refractivity contribution in [2.24, 2.45) is 0 Å². The normalized spacial score (nSPS) is 12.5. The highest BCUT2D eigenvalue weighted by atomic mass is 16.5. The number of aromatic nitrogens is 1. The van der Waals surface area contributed by atoms with E-state index in [2.05, 4.69) is 15.6 Å². The first-order valence-electron chi connectivity index (χ1n) is 10.9. The number of ether oxygens (including phenoxy) is 2. The molecule has 2 aromatic carbocycles. The Kier molecular flexibility index (Phi) is 8.46. The summed E-state index contributed by atoms with van der Waals surface area (Å²) < 4.78 is 10.1. The van der Waals surface area contributed by atoms with E-state index in [1.54, 1.807) is 0 Å². The summed E-state index contributed by atoms with van der Waals surface area (Å²) in [5.74, 6) is -1.03. The van der Waals surface area contributed by atoms with Gasteiger partial charge in [0.05, 0.1) is 7.11 Å². The van der Waals surface area contributed by atoms with Crippen molar-refractivity contribution < 1.29 is 23.9 Å². The first-order valence-corrected chi connectivity index (χ1v) is 10.9. The van der Waals surface area contributed by atoms with Crippen molar-refractivity contribution >= 4 is 28.9 Å². The van der Waals surface area contributed by atoms with Crippen molar-refractivity contribution in [2.75, 3.05) is 7.11 Å². The summed E-state index contributed by atoms with van der Waals surface area (Å²) in [7, 11) is 1.28. The number of hydrogen-bond acceptors (Lipinski definition) is 5. The first kappa shape index (κ1) is 23.8. The van der Waals surface area contributed by atoms with Crippen LogP contribution in [0.2, 0.25) is 0 Å². The van der Waals surface area contributed by atoms with E-state index >= 15 is 0 Å². The lowest BCUT2D eigenvalue weighted by Crippen LogP contribution is -2.52. The Labute approximate surface area is 192 Å². The van der Waals surface area contributed by atoms with Crippen LogP contribution in [0.4, 0.5) is 4.79 Å². The summed E-state index contributed by atoms with van der Waals surface area (Å²) in [6.45, 7) is 2.00. The van der Waals surface area contributed by atoms with Crippen molar-refractivity contribution in [3.63, 3.8) is 0 Å². The predicted molar refractivity (Wildman–Crippen MR) is 124 cm³/mol. The van der Waals surface area contributed by atoms with Gasteiger partial charge in [-0.15, -0.1) is 0 Å². The molecule has 2 atom stereocenters. The molecule has 3 rings (SSSR count). The number of carbonyl (C=O) groups is 3. The highest BCUT2D eigenvalue weighted by molar-refractivity contribution is 5.90. The van der Waals surface area contributed by atoms with Crippen molar-refractivity contribution in [3.05, 3.63) is 71.9 Å². The lowest BCUT2D eigenvalue weighted by Gasteiger charge is -2.22. The third kappa shape index (κ3) is 6.58. The maximum atomic E-state index is 13.0. The molecular weight excluding hydrogens is 422 g/mol. The fraction of sp³-hybridized carbons (Fsp3) is 0.320. The monoisotopic (exact) mass is 451 g/mol. The van der Waals surface area contributed by atoms with Gasteiger partial charge in [-0.1, -0.05) is 61.9 Å². The molecule has 0 radical (unpaired) electrons. The zero-order valence-electron chi connectivity index (χ0n) is 18.8. The minimum absolute atomic E-state index is 0.0957. The van der Waals surface area contributed by atoms with Gasteiger partial charge in [0, 0.05) is 23.5 Å². The molecule has 33 heavy (non-hydrogen) atoms. The van der Waals surface area contributed by atoms with Crippen molar-refractivity contribution in [1.29, 1.82) is 0 Å². The molecule has 0 aliphatic rings. The van der Waals surface area contributed by atoms with Crippen LogP contribution in [0, 0.1) is 0 Å². The number of carbonyl (C=O) groups excluding carboxylic acids is 3. The lowest BCUT2D eigenvalue weighted by atomic mass is 10.0. The van der Waals surface area contributed by atoms with Crippen LogP contribution in [0.5, 0.6) is 0 Å². The molecule has 0 fully saturated rings. The zero-order valence-corrected chi connectivity index (χ0v) is 18.8. The smallest absolute Gasteiger partial charge is 0.408 e. The molecular formula is C25H29N3O5. The molecule has 0 saturated carbocycles. The zero-order chi connectivity index (χ0) is 23.6. The van der Waals surface area contributed by atoms with E-state index in [4.69, 9.17) is 9.47 Å². The fourth-order valence-electron chi connectivity index (χ4n) is 3.59. The van der Waals surface area contributed by atoms with Gasteiger partial charge < -0.3 is 25.1 Å². The van der Waals surface area contributed by atoms with Gasteiger partial charge in [0.15, 0.2) is 0 Å². The van der Waals surface area contributed by atoms with E-state index in [-0.39, 0.29) is 13.0 Å². The largest absolute Gasteiger partial charge is 0.467 e. The minimum atomic E-state index is -0.900. The van der Waals surface area contributed by atoms with Gasteiger partial charge >= 0.3 is 12.1 Å². The Morgan fingerprint density at radius 2 is 1.70 bits per heavy atom. The Morgan fingerprint density at radius 1 is 0.970 bits per heavy atom. The van der Waals surface area contributed by atoms with Crippen LogP contribution in [-0.2, 0) is 32.1 Å². The number of hydrogen-bond donors (Lipinski definition) is 3. The van der Waals surface area contributed by atoms with Crippen molar-refractivity contribution in [1.82, 2.24) is 15.6 Å². The quantitative estimate of drug-likeness (QED) is 0.409. The van der Waals surface area contributed by atoms with E-state index in [9.17, 15) is 14.4 Å². The number of H-pyrrole nitrogens is 1. The van der Waals surface area contributed by atoms with Gasteiger partial charge in [-0.25, -0.2) is 9.59 Å². The summed E-state index contributed by atoms with van der Waals surface area (Å²) in [4.78, 5) is 40.8. The Balaban J connectivity index is 1.64. The highest BCUT2D eigenvalue weighted by Crippen LogP contribution is 2.19. The van der Waals surface area contributed by atoms with Gasteiger partial charge in [0.2, 0.25) is 5.91 Å². The number of aromatic amines is 1. The summed E-state index contributed by atoms with van der Waals surface area (Å²) in [5, 5.41) is 6.31. The Hall–Kier alpha value is -3.81. The molecule has 0 bridgehead atoms. The van der Waals surface area contributed by atoms with Crippen molar-refractivity contribution in [2.45, 2.75) is 44.9 Å². The van der Waals surface area contributed by atoms with Crippen LogP contribution in [-0.4, -0.2) is 42.1 Å². The molecule has 0 aliphatic carbocycles. The number of methoxy groups -OCH3 is 1. The van der Waals surface area contributed by atoms with E-state index in [0.717, 1.165) is 22.0 Å². The third-order valence-corrected chi connectivity index (χ3v) is 5.30. The lowest BCUT2D eigenvalue weighted by molar-refractivity contribution is -0.145. The maximum absolute atomic E-state index is 13.0. The average Bonchev–Trinajstić information content (AvgIpc) is 3.25. The molecule has 3 aromatic rings. The second-order valence-electron chi connectivity index (χ2n) is 7.70. The number of rotatable bonds is 10. The van der Waals surface area contributed by atoms with E-state index < -0.39 is 30.1 Å². The van der Waals surface area contributed by atoms with E-state index in [0.29, 0.717) is 12.8 Å². The molecule has 2 amide bonds. The molecule has 1 aromatic heterocycles. The van der Waals surface area contributed by atoms with Gasteiger partial charge in [0.25, 0.3) is 0 Å². The molecule has 0 aliphatic heterocycles. The van der Waals surface area contributed by atoms with E-state index in [1.165, 1.54) is 7.11 Å². The van der Waals surface area contributed by atoms with Crippen LogP contribution >= 0.6 is 0 Å². The number of esters is 1. The standard InChI is InChI=1S/C25H29N3O5/c1-3-9-21(28-25(31)33-16-17-10-5-4-6-11-17)23(29)27-22(24(30)32-2)14-18-15-26-20-13-8-7-12-19(18)20/h4-8,10-13,15,21-22,26H,3,9,14,16H2,1-2H3,(H,27,29)(H,28,31). The molecule has 0 saturated heterocycles. The summed E-state index contributed by atoms with van der Waals surface area (Å²) in [6, 6.07) is 15.2. The molecule has 8 heteroatoms. The van der Waals surface area contributed by atoms with Gasteiger partial charge in [-0.3, -0.25) is 4.79 Å². The first-order chi connectivity index (χ1) is 16.0. The number of para-hydroxylation sites is 1. The average molecular weight is 452 g/mol. The fourth-order valence-corrected chi connectivity index (χ4v) is 3.59. The molecule has 0 spiro atoms. The van der Waals surface area contributed by atoms with Crippen LogP contribution in [0.15, 0.2) is 60.8 Å². The summed E-state index contributed by atoms with van der Waals surface area (Å²) >= 11 is 0. The molecule has 174 valence electrons. The summed E-state index contributed by atoms with van der Waals surface area (Å²) in [6.07, 6.45) is 2.42. The van der Waals surface area contributed by atoms with Crippen LogP contribution in [0.3, 0.4) is 0 Å². The summed E-state index contributed by atoms with van der Waals surface area (Å²) in [5.41, 5.74) is 2.66. The van der Waals surface area contributed by atoms with Crippen LogP contribution in [0.1, 0.15) is 30.9 Å². The van der Waals surface area contributed by atoms with Crippen molar-refractivity contribution in [3.8, 4) is 0 Å². The van der Waals surface area contributed by atoms with Crippen LogP contribution < -0.4 is 10.6 Å². The SMILES string of the molecule is CCCC(NC(=O)OCc1ccccc1)C(=O)NC(Cc1c[nH]c2ccccc12)C(=O)OC. The number of alkyl carbamates (subject to hydrolysis) is 1. The number of nitrogens with one attached hydrogen (secondary N) is 3. The minimum Gasteiger partial charge on any atom is -0.467 e. The predicted octanol–water partition coefficient (Wildman–Crippen LogP) is 3.46. The van der Waals surface area contributed by atoms with E-state index in [1.807, 2.05) is 67.7 Å². The third-order valence-electron chi connectivity index (χ3n) is 5.30.